The Kier molecular flexibility index (Phi) is 12.1. The molecule has 4 amide bonds. The summed E-state index contributed by atoms with van der Waals surface area (Å²) < 4.78 is 78.8. The molecule has 7 heterocycles. The van der Waals surface area contributed by atoms with Crippen LogP contribution in [0, 0.1) is 17.6 Å². The number of benzene rings is 3. The van der Waals surface area contributed by atoms with E-state index in [0.717, 1.165) is 83.8 Å². The van der Waals surface area contributed by atoms with Crippen LogP contribution in [0.3, 0.4) is 0 Å². The molecule has 2 atom stereocenters. The molecule has 0 bridgehead atoms. The SMILES string of the molecule is COc1cc(N2CCN(CC3CCN(c4ccc(-c5cnc6[nH]cc(C(=O)c7c(F)ccc(NS(=O)(=O)N8CC[C@@H](F)C8)c7F)c6c5)cc4)CC3)CC2)cc2c1C(=O)N(C1CCC(=O)NC1=O)C2=O. The largest absolute Gasteiger partial charge is 0.496 e. The number of carbonyl (C=O) groups excluding carboxylic acids is 5. The number of pyridine rings is 1. The number of H-pyrrole nitrogens is 1. The quantitative estimate of drug-likeness (QED) is 0.113. The van der Waals surface area contributed by atoms with Crippen molar-refractivity contribution >= 4 is 67.7 Å². The zero-order chi connectivity index (χ0) is 48.3. The molecule has 5 aliphatic rings. The number of hydrogen-bond donors (Lipinski definition) is 3. The minimum Gasteiger partial charge on any atom is -0.496 e. The Hall–Kier alpha value is -6.84. The summed E-state index contributed by atoms with van der Waals surface area (Å²) in [6.45, 7) is 5.22. The average molecular weight is 968 g/mol. The smallest absolute Gasteiger partial charge is 0.301 e. The zero-order valence-electron chi connectivity index (χ0n) is 37.5. The predicted octanol–water partition coefficient (Wildman–Crippen LogP) is 4.89. The third kappa shape index (κ3) is 8.67. The number of rotatable bonds is 12. The topological polar surface area (TPSA) is 198 Å². The molecule has 3 N–H and O–H groups in total. The minimum atomic E-state index is -4.37. The molecular weight excluding hydrogens is 920 g/mol. The summed E-state index contributed by atoms with van der Waals surface area (Å²) in [5.41, 5.74) is 2.26. The Balaban J connectivity index is 0.743. The van der Waals surface area contributed by atoms with Crippen LogP contribution in [0.4, 0.5) is 30.2 Å². The van der Waals surface area contributed by atoms with E-state index in [4.69, 9.17) is 4.74 Å². The highest BCUT2D eigenvalue weighted by atomic mass is 32.2. The van der Waals surface area contributed by atoms with Crippen LogP contribution in [-0.4, -0.2) is 140 Å². The number of piperidine rings is 2. The molecule has 0 aliphatic carbocycles. The van der Waals surface area contributed by atoms with Crippen LogP contribution in [0.2, 0.25) is 0 Å². The molecule has 360 valence electrons. The monoisotopic (exact) mass is 967 g/mol. The van der Waals surface area contributed by atoms with E-state index in [1.54, 1.807) is 24.4 Å². The van der Waals surface area contributed by atoms with Gasteiger partial charge in [-0.15, -0.1) is 0 Å². The van der Waals surface area contributed by atoms with Crippen LogP contribution >= 0.6 is 0 Å². The molecule has 2 aromatic heterocycles. The van der Waals surface area contributed by atoms with E-state index in [2.05, 4.69) is 30.0 Å². The molecule has 21 heteroatoms. The number of nitrogens with one attached hydrogen (secondary N) is 3. The van der Waals surface area contributed by atoms with Gasteiger partial charge in [-0.25, -0.2) is 18.2 Å². The Labute approximate surface area is 394 Å². The third-order valence-electron chi connectivity index (χ3n) is 13.9. The van der Waals surface area contributed by atoms with Crippen LogP contribution in [0.1, 0.15) is 68.7 Å². The minimum absolute atomic E-state index is 0.00457. The number of piperazine rings is 1. The highest BCUT2D eigenvalue weighted by molar-refractivity contribution is 7.90. The van der Waals surface area contributed by atoms with Crippen molar-refractivity contribution in [2.45, 2.75) is 44.3 Å². The first-order valence-electron chi connectivity index (χ1n) is 22.9. The maximum Gasteiger partial charge on any atom is 0.301 e. The maximum absolute atomic E-state index is 15.8. The van der Waals surface area contributed by atoms with E-state index in [0.29, 0.717) is 35.6 Å². The van der Waals surface area contributed by atoms with Crippen molar-refractivity contribution in [3.8, 4) is 16.9 Å². The molecule has 17 nitrogen and oxygen atoms in total. The molecule has 10 rings (SSSR count). The second kappa shape index (κ2) is 18.2. The van der Waals surface area contributed by atoms with Crippen LogP contribution in [-0.2, 0) is 19.8 Å². The number of ketones is 1. The third-order valence-corrected chi connectivity index (χ3v) is 15.4. The number of carbonyl (C=O) groups is 5. The fourth-order valence-electron chi connectivity index (χ4n) is 10.1. The number of alkyl halides is 1. The number of halogens is 3. The number of fused-ring (bicyclic) bond motifs is 2. The number of aromatic amines is 1. The molecule has 0 radical (unpaired) electrons. The second-order valence-electron chi connectivity index (χ2n) is 18.1. The Bertz CT molecular complexity index is 3030. The summed E-state index contributed by atoms with van der Waals surface area (Å²) in [7, 11) is -2.93. The maximum atomic E-state index is 15.8. The molecule has 0 saturated carbocycles. The molecule has 4 fully saturated rings. The van der Waals surface area contributed by atoms with Gasteiger partial charge in [-0.05, 0) is 73.6 Å². The van der Waals surface area contributed by atoms with Crippen LogP contribution in [0.15, 0.2) is 67.0 Å². The van der Waals surface area contributed by atoms with Crippen LogP contribution in [0.25, 0.3) is 22.2 Å². The number of imide groups is 2. The van der Waals surface area contributed by atoms with Gasteiger partial charge in [0.1, 0.15) is 29.4 Å². The molecular formula is C48H48F3N9O8S. The fourth-order valence-corrected chi connectivity index (χ4v) is 11.4. The van der Waals surface area contributed by atoms with Crippen molar-refractivity contribution in [1.82, 2.24) is 29.4 Å². The number of nitrogens with zero attached hydrogens (tertiary/aromatic N) is 6. The molecule has 5 aliphatic heterocycles. The van der Waals surface area contributed by atoms with E-state index in [1.165, 1.54) is 13.3 Å². The second-order valence-corrected chi connectivity index (χ2v) is 19.7. The van der Waals surface area contributed by atoms with Crippen molar-refractivity contribution in [2.75, 3.05) is 80.5 Å². The number of methoxy groups -OCH3 is 1. The van der Waals surface area contributed by atoms with Crippen molar-refractivity contribution in [1.29, 1.82) is 0 Å². The average Bonchev–Trinajstić information content (AvgIpc) is 4.06. The van der Waals surface area contributed by atoms with Crippen molar-refractivity contribution in [3.05, 3.63) is 101 Å². The number of amides is 4. The van der Waals surface area contributed by atoms with Crippen LogP contribution < -0.4 is 24.6 Å². The Morgan fingerprint density at radius 1 is 0.855 bits per heavy atom. The summed E-state index contributed by atoms with van der Waals surface area (Å²) >= 11 is 0. The first-order valence-corrected chi connectivity index (χ1v) is 24.3. The van der Waals surface area contributed by atoms with Gasteiger partial charge >= 0.3 is 10.2 Å². The van der Waals surface area contributed by atoms with Gasteiger partial charge in [0, 0.05) is 112 Å². The van der Waals surface area contributed by atoms with E-state index in [1.807, 2.05) is 29.0 Å². The summed E-state index contributed by atoms with van der Waals surface area (Å²) in [6.07, 6.45) is 3.69. The molecule has 0 spiro atoms. The number of anilines is 3. The number of ether oxygens (including phenoxy) is 1. The zero-order valence-corrected chi connectivity index (χ0v) is 38.3. The van der Waals surface area contributed by atoms with Gasteiger partial charge in [0.2, 0.25) is 17.6 Å². The lowest BCUT2D eigenvalue weighted by Crippen LogP contribution is -2.54. The Morgan fingerprint density at radius 3 is 2.29 bits per heavy atom. The molecule has 1 unspecified atom stereocenters. The van der Waals surface area contributed by atoms with Crippen LogP contribution in [0.5, 0.6) is 5.75 Å². The van der Waals surface area contributed by atoms with Crippen molar-refractivity contribution in [2.24, 2.45) is 5.92 Å². The first kappa shape index (κ1) is 45.9. The molecule has 5 aromatic rings. The summed E-state index contributed by atoms with van der Waals surface area (Å²) in [5, 5.41) is 2.54. The number of aromatic nitrogens is 2. The summed E-state index contributed by atoms with van der Waals surface area (Å²) in [4.78, 5) is 80.4. The fraction of sp³-hybridized carbons (Fsp3) is 0.375. The summed E-state index contributed by atoms with van der Waals surface area (Å²) in [6, 6.07) is 13.8. The van der Waals surface area contributed by atoms with E-state index in [-0.39, 0.29) is 48.2 Å². The van der Waals surface area contributed by atoms with Gasteiger partial charge in [0.25, 0.3) is 11.8 Å². The highest BCUT2D eigenvalue weighted by Gasteiger charge is 2.46. The number of hydrogen-bond acceptors (Lipinski definition) is 12. The normalized spacial score (nSPS) is 20.8. The van der Waals surface area contributed by atoms with Crippen molar-refractivity contribution in [3.63, 3.8) is 0 Å². The van der Waals surface area contributed by atoms with Gasteiger partial charge in [-0.3, -0.25) is 43.8 Å². The molecule has 3 aromatic carbocycles. The lowest BCUT2D eigenvalue weighted by molar-refractivity contribution is -0.136. The molecule has 4 saturated heterocycles. The lowest BCUT2D eigenvalue weighted by atomic mass is 9.95. The van der Waals surface area contributed by atoms with Gasteiger partial charge in [-0.2, -0.15) is 12.7 Å². The highest BCUT2D eigenvalue weighted by Crippen LogP contribution is 2.38. The van der Waals surface area contributed by atoms with Gasteiger partial charge in [0.15, 0.2) is 5.82 Å². The van der Waals surface area contributed by atoms with E-state index < -0.39 is 81.3 Å². The Morgan fingerprint density at radius 2 is 1.59 bits per heavy atom. The van der Waals surface area contributed by atoms with Crippen molar-refractivity contribution < 1.29 is 50.3 Å². The standard InChI is InChI=1S/C48H48F3N9O8S/c1-68-39-22-32(21-34-41(39)48(65)60(47(34)64)38-8-9-40(61)54-46(38)63)58-18-16-56(17-19-58)25-27-10-13-57(14-11-27)31-4-2-28(3-5-31)29-20-33-35(24-53-45(33)52-23-29)44(62)42-36(50)6-7-37(43(42)51)55-69(66,67)59-15-12-30(49)26-59/h2-7,20-24,27,30,38,55H,8-19,25-26H2,1H3,(H,52,53)(H,54,61,63)/t30-,38?/m1/s1. The van der Waals surface area contributed by atoms with E-state index >= 15 is 8.78 Å². The lowest BCUT2D eigenvalue weighted by Gasteiger charge is -2.40. The first-order chi connectivity index (χ1) is 33.2. The van der Waals surface area contributed by atoms with Gasteiger partial charge in [0.05, 0.1) is 29.5 Å². The van der Waals surface area contributed by atoms with Gasteiger partial charge in [-0.1, -0.05) is 12.1 Å². The van der Waals surface area contributed by atoms with Gasteiger partial charge < -0.3 is 19.5 Å². The van der Waals surface area contributed by atoms with E-state index in [9.17, 15) is 36.8 Å². The predicted molar refractivity (Wildman–Crippen MR) is 248 cm³/mol. The summed E-state index contributed by atoms with van der Waals surface area (Å²) in [5.74, 6) is -5.11. The molecule has 69 heavy (non-hydrogen) atoms.